The van der Waals surface area contributed by atoms with E-state index in [9.17, 15) is 4.79 Å². The number of hydrogen-bond acceptors (Lipinski definition) is 4. The Kier molecular flexibility index (Phi) is 4.39. The molecular weight excluding hydrogens is 276 g/mol. The first-order chi connectivity index (χ1) is 10.7. The Morgan fingerprint density at radius 2 is 1.68 bits per heavy atom. The van der Waals surface area contributed by atoms with E-state index < -0.39 is 0 Å². The summed E-state index contributed by atoms with van der Waals surface area (Å²) in [6, 6.07) is 15.3. The van der Waals surface area contributed by atoms with E-state index in [4.69, 9.17) is 4.74 Å². The Morgan fingerprint density at radius 3 is 2.36 bits per heavy atom. The van der Waals surface area contributed by atoms with Crippen LogP contribution in [0.3, 0.4) is 0 Å². The van der Waals surface area contributed by atoms with Crippen molar-refractivity contribution in [1.29, 1.82) is 0 Å². The zero-order valence-electron chi connectivity index (χ0n) is 12.7. The summed E-state index contributed by atoms with van der Waals surface area (Å²) < 4.78 is 5.88. The molecule has 0 N–H and O–H groups in total. The Morgan fingerprint density at radius 1 is 0.955 bits per heavy atom. The predicted octanol–water partition coefficient (Wildman–Crippen LogP) is 3.04. The van der Waals surface area contributed by atoms with Crippen molar-refractivity contribution in [1.82, 2.24) is 4.90 Å². The number of hydrogen-bond donors (Lipinski definition) is 0. The fourth-order valence-corrected chi connectivity index (χ4v) is 2.56. The molecule has 0 spiro atoms. The lowest BCUT2D eigenvalue weighted by Crippen LogP contribution is -2.44. The van der Waals surface area contributed by atoms with Crippen molar-refractivity contribution in [2.45, 2.75) is 0 Å². The maximum absolute atomic E-state index is 10.7. The third kappa shape index (κ3) is 3.46. The summed E-state index contributed by atoms with van der Waals surface area (Å²) in [5.74, 6) is 1.55. The van der Waals surface area contributed by atoms with Gasteiger partial charge in [0.05, 0.1) is 0 Å². The summed E-state index contributed by atoms with van der Waals surface area (Å²) in [5.41, 5.74) is 1.84. The van der Waals surface area contributed by atoms with E-state index in [1.165, 1.54) is 5.69 Å². The summed E-state index contributed by atoms with van der Waals surface area (Å²) >= 11 is 0. The van der Waals surface area contributed by atoms with E-state index in [-0.39, 0.29) is 0 Å². The molecule has 1 saturated heterocycles. The Bertz CT molecular complexity index is 632. The zero-order chi connectivity index (χ0) is 15.4. The number of anilines is 1. The fraction of sp³-hybridized carbons (Fsp3) is 0.278. The number of nitrogens with zero attached hydrogens (tertiary/aromatic N) is 2. The van der Waals surface area contributed by atoms with Crippen LogP contribution in [0.15, 0.2) is 48.5 Å². The molecule has 1 aliphatic rings. The predicted molar refractivity (Wildman–Crippen MR) is 88.1 cm³/mol. The quantitative estimate of drug-likeness (QED) is 0.812. The van der Waals surface area contributed by atoms with E-state index in [0.717, 1.165) is 44.0 Å². The molecule has 3 rings (SSSR count). The highest BCUT2D eigenvalue weighted by atomic mass is 16.5. The third-order valence-electron chi connectivity index (χ3n) is 3.94. The monoisotopic (exact) mass is 296 g/mol. The molecule has 1 heterocycles. The highest BCUT2D eigenvalue weighted by Crippen LogP contribution is 2.26. The molecule has 4 heteroatoms. The molecule has 0 unspecified atom stereocenters. The fourth-order valence-electron chi connectivity index (χ4n) is 2.56. The second-order valence-electron chi connectivity index (χ2n) is 5.58. The maximum Gasteiger partial charge on any atom is 0.150 e. The van der Waals surface area contributed by atoms with Gasteiger partial charge < -0.3 is 14.5 Å². The Labute approximate surface area is 130 Å². The molecule has 0 atom stereocenters. The number of benzene rings is 2. The second kappa shape index (κ2) is 6.62. The van der Waals surface area contributed by atoms with Gasteiger partial charge in [-0.2, -0.15) is 0 Å². The van der Waals surface area contributed by atoms with Gasteiger partial charge in [0.25, 0.3) is 0 Å². The van der Waals surface area contributed by atoms with Crippen molar-refractivity contribution in [2.75, 3.05) is 38.1 Å². The zero-order valence-corrected chi connectivity index (χ0v) is 12.7. The van der Waals surface area contributed by atoms with E-state index >= 15 is 0 Å². The van der Waals surface area contributed by atoms with Crippen molar-refractivity contribution < 1.29 is 9.53 Å². The Hall–Kier alpha value is -2.33. The van der Waals surface area contributed by atoms with Gasteiger partial charge in [0.2, 0.25) is 0 Å². The van der Waals surface area contributed by atoms with Crippen molar-refractivity contribution in [2.24, 2.45) is 0 Å². The number of carbonyl (C=O) groups excluding carboxylic acids is 1. The molecule has 22 heavy (non-hydrogen) atoms. The molecule has 2 aromatic rings. The number of piperazine rings is 1. The average molecular weight is 296 g/mol. The summed E-state index contributed by atoms with van der Waals surface area (Å²) in [7, 11) is 2.15. The van der Waals surface area contributed by atoms with Crippen LogP contribution in [0, 0.1) is 0 Å². The molecule has 0 saturated carbocycles. The topological polar surface area (TPSA) is 32.8 Å². The van der Waals surface area contributed by atoms with E-state index in [1.807, 2.05) is 24.3 Å². The smallest absolute Gasteiger partial charge is 0.150 e. The Balaban J connectivity index is 1.71. The van der Waals surface area contributed by atoms with E-state index in [2.05, 4.69) is 29.0 Å². The van der Waals surface area contributed by atoms with Gasteiger partial charge in [0.1, 0.15) is 17.8 Å². The maximum atomic E-state index is 10.7. The van der Waals surface area contributed by atoms with Gasteiger partial charge in [-0.1, -0.05) is 6.07 Å². The molecule has 1 fully saturated rings. The van der Waals surface area contributed by atoms with Crippen LogP contribution in [0.5, 0.6) is 11.5 Å². The SMILES string of the molecule is CN1CCN(c2cccc(Oc3ccc(C=O)cc3)c2)CC1. The number of likely N-dealkylation sites (N-methyl/N-ethyl adjacent to an activating group) is 1. The third-order valence-corrected chi connectivity index (χ3v) is 3.94. The number of ether oxygens (including phenoxy) is 1. The van der Waals surface area contributed by atoms with Crippen molar-refractivity contribution in [3.05, 3.63) is 54.1 Å². The number of carbonyl (C=O) groups is 1. The van der Waals surface area contributed by atoms with E-state index in [0.29, 0.717) is 5.56 Å². The summed E-state index contributed by atoms with van der Waals surface area (Å²) in [5, 5.41) is 0. The first-order valence-corrected chi connectivity index (χ1v) is 7.51. The summed E-state index contributed by atoms with van der Waals surface area (Å²) in [6.45, 7) is 4.23. The van der Waals surface area contributed by atoms with Gasteiger partial charge >= 0.3 is 0 Å². The minimum Gasteiger partial charge on any atom is -0.457 e. The van der Waals surface area contributed by atoms with Crippen LogP contribution >= 0.6 is 0 Å². The van der Waals surface area contributed by atoms with Crippen LogP contribution in [0.2, 0.25) is 0 Å². The normalized spacial score (nSPS) is 15.6. The van der Waals surface area contributed by atoms with Gasteiger partial charge in [-0.05, 0) is 43.4 Å². The van der Waals surface area contributed by atoms with Crippen LogP contribution in [0.4, 0.5) is 5.69 Å². The van der Waals surface area contributed by atoms with E-state index in [1.54, 1.807) is 12.1 Å². The number of rotatable bonds is 4. The van der Waals surface area contributed by atoms with Crippen LogP contribution in [0.25, 0.3) is 0 Å². The molecule has 0 amide bonds. The minimum absolute atomic E-state index is 0.651. The van der Waals surface area contributed by atoms with Gasteiger partial charge in [0.15, 0.2) is 0 Å². The highest BCUT2D eigenvalue weighted by Gasteiger charge is 2.14. The molecular formula is C18H20N2O2. The molecule has 0 aliphatic carbocycles. The average Bonchev–Trinajstić information content (AvgIpc) is 2.56. The number of aldehydes is 1. The van der Waals surface area contributed by atoms with Crippen molar-refractivity contribution in [3.63, 3.8) is 0 Å². The molecule has 114 valence electrons. The lowest BCUT2D eigenvalue weighted by molar-refractivity contribution is 0.112. The van der Waals surface area contributed by atoms with Gasteiger partial charge in [-0.15, -0.1) is 0 Å². The van der Waals surface area contributed by atoms with Gasteiger partial charge in [0, 0.05) is 43.5 Å². The largest absolute Gasteiger partial charge is 0.457 e. The van der Waals surface area contributed by atoms with Crippen molar-refractivity contribution in [3.8, 4) is 11.5 Å². The van der Waals surface area contributed by atoms with Crippen LogP contribution < -0.4 is 9.64 Å². The highest BCUT2D eigenvalue weighted by molar-refractivity contribution is 5.74. The first kappa shape index (κ1) is 14.6. The second-order valence-corrected chi connectivity index (χ2v) is 5.58. The van der Waals surface area contributed by atoms with Gasteiger partial charge in [-0.25, -0.2) is 0 Å². The lowest BCUT2D eigenvalue weighted by atomic mass is 10.2. The van der Waals surface area contributed by atoms with Crippen LogP contribution in [-0.4, -0.2) is 44.4 Å². The van der Waals surface area contributed by atoms with Crippen molar-refractivity contribution >= 4 is 12.0 Å². The summed E-state index contributed by atoms with van der Waals surface area (Å²) in [4.78, 5) is 15.4. The van der Waals surface area contributed by atoms with Gasteiger partial charge in [-0.3, -0.25) is 4.79 Å². The molecule has 0 radical (unpaired) electrons. The molecule has 2 aromatic carbocycles. The first-order valence-electron chi connectivity index (χ1n) is 7.51. The van der Waals surface area contributed by atoms with Crippen LogP contribution in [-0.2, 0) is 0 Å². The molecule has 0 bridgehead atoms. The van der Waals surface area contributed by atoms with Crippen LogP contribution in [0.1, 0.15) is 10.4 Å². The molecule has 0 aromatic heterocycles. The molecule has 4 nitrogen and oxygen atoms in total. The minimum atomic E-state index is 0.651. The lowest BCUT2D eigenvalue weighted by Gasteiger charge is -2.34. The summed E-state index contributed by atoms with van der Waals surface area (Å²) in [6.07, 6.45) is 0.831. The molecule has 1 aliphatic heterocycles. The standard InChI is InChI=1S/C18H20N2O2/c1-19-9-11-20(12-10-19)16-3-2-4-18(13-16)22-17-7-5-15(14-21)6-8-17/h2-8,13-14H,9-12H2,1H3.